The number of carbonyl (C=O) groups is 2. The number of carboxylic acids is 1. The molecule has 3 N–H and O–H groups in total. The van der Waals surface area contributed by atoms with Crippen molar-refractivity contribution in [3.8, 4) is 17.0 Å². The highest BCUT2D eigenvalue weighted by Gasteiger charge is 2.31. The van der Waals surface area contributed by atoms with Gasteiger partial charge in [-0.2, -0.15) is 0 Å². The highest BCUT2D eigenvalue weighted by atomic mass is 32.1. The molecule has 11 heteroatoms. The standard InChI is InChI=1S/C31H30F3N3O4S/c1-30(2,3)23-12-8-21(9-13-23)27(20-4-6-22(7-5-20)28(40)35-17-16-26(38)39)37-29-36-25(18-42-29)19-10-14-24(15-11-19)41-31(32,33)34/h4-15,18,27H,16-17H2,1-3H3,(H,35,40)(H,36,37)(H,38,39). The molecule has 1 aromatic heterocycles. The number of amides is 1. The predicted molar refractivity (Wildman–Crippen MR) is 156 cm³/mol. The maximum Gasteiger partial charge on any atom is 0.573 e. The van der Waals surface area contributed by atoms with Crippen LogP contribution in [0.5, 0.6) is 5.75 Å². The summed E-state index contributed by atoms with van der Waals surface area (Å²) in [6.07, 6.45) is -4.93. The van der Waals surface area contributed by atoms with Gasteiger partial charge in [-0.05, 0) is 58.5 Å². The number of halogens is 3. The minimum absolute atomic E-state index is 0.0258. The number of nitrogens with one attached hydrogen (secondary N) is 2. The van der Waals surface area contributed by atoms with Crippen LogP contribution in [-0.4, -0.2) is 34.9 Å². The van der Waals surface area contributed by atoms with E-state index in [0.29, 0.717) is 22.0 Å². The Labute approximate surface area is 245 Å². The number of rotatable bonds is 10. The summed E-state index contributed by atoms with van der Waals surface area (Å²) in [5, 5.41) is 17.3. The maximum atomic E-state index is 12.5. The molecule has 1 unspecified atom stereocenters. The van der Waals surface area contributed by atoms with Gasteiger partial charge in [-0.25, -0.2) is 4.98 Å². The van der Waals surface area contributed by atoms with Crippen LogP contribution in [0.15, 0.2) is 78.2 Å². The van der Waals surface area contributed by atoms with Gasteiger partial charge in [0.2, 0.25) is 0 Å². The number of benzene rings is 3. The zero-order valence-corrected chi connectivity index (χ0v) is 24.0. The van der Waals surface area contributed by atoms with Crippen LogP contribution < -0.4 is 15.4 Å². The molecule has 4 aromatic rings. The van der Waals surface area contributed by atoms with E-state index in [1.54, 1.807) is 12.1 Å². The lowest BCUT2D eigenvalue weighted by Gasteiger charge is -2.23. The summed E-state index contributed by atoms with van der Waals surface area (Å²) in [7, 11) is 0. The van der Waals surface area contributed by atoms with E-state index in [0.717, 1.165) is 11.1 Å². The topological polar surface area (TPSA) is 101 Å². The van der Waals surface area contributed by atoms with E-state index in [4.69, 9.17) is 5.11 Å². The molecule has 0 radical (unpaired) electrons. The summed E-state index contributed by atoms with van der Waals surface area (Å²) in [6.45, 7) is 6.44. The Hall–Kier alpha value is -4.38. The highest BCUT2D eigenvalue weighted by Crippen LogP contribution is 2.33. The van der Waals surface area contributed by atoms with E-state index >= 15 is 0 Å². The number of aromatic nitrogens is 1. The maximum absolute atomic E-state index is 12.5. The van der Waals surface area contributed by atoms with E-state index in [-0.39, 0.29) is 36.1 Å². The SMILES string of the molecule is CC(C)(C)c1ccc(C(Nc2nc(-c3ccc(OC(F)(F)F)cc3)cs2)c2ccc(C(=O)NCCC(=O)O)cc2)cc1. The van der Waals surface area contributed by atoms with E-state index in [1.165, 1.54) is 41.2 Å². The number of anilines is 1. The third-order valence-corrected chi connectivity index (χ3v) is 7.17. The molecule has 220 valence electrons. The van der Waals surface area contributed by atoms with E-state index in [2.05, 4.69) is 53.3 Å². The largest absolute Gasteiger partial charge is 0.573 e. The summed E-state index contributed by atoms with van der Waals surface area (Å²) in [6, 6.07) is 20.4. The first-order chi connectivity index (χ1) is 19.8. The summed E-state index contributed by atoms with van der Waals surface area (Å²) >= 11 is 1.36. The normalized spacial score (nSPS) is 12.4. The molecule has 1 atom stereocenters. The number of thiazole rings is 1. The number of aliphatic carboxylic acids is 1. The molecule has 0 spiro atoms. The van der Waals surface area contributed by atoms with Gasteiger partial charge < -0.3 is 20.5 Å². The predicted octanol–water partition coefficient (Wildman–Crippen LogP) is 7.41. The van der Waals surface area contributed by atoms with Crippen molar-refractivity contribution < 1.29 is 32.6 Å². The number of hydrogen-bond acceptors (Lipinski definition) is 6. The van der Waals surface area contributed by atoms with Crippen LogP contribution in [0.2, 0.25) is 0 Å². The molecule has 0 fully saturated rings. The van der Waals surface area contributed by atoms with Gasteiger partial charge in [0.05, 0.1) is 18.2 Å². The van der Waals surface area contributed by atoms with Crippen LogP contribution in [-0.2, 0) is 10.2 Å². The monoisotopic (exact) mass is 597 g/mol. The molecule has 3 aromatic carbocycles. The Morgan fingerprint density at radius 2 is 1.52 bits per heavy atom. The van der Waals surface area contributed by atoms with Gasteiger partial charge >= 0.3 is 12.3 Å². The fourth-order valence-electron chi connectivity index (χ4n) is 4.17. The van der Waals surface area contributed by atoms with Crippen molar-refractivity contribution in [1.82, 2.24) is 10.3 Å². The second-order valence-corrected chi connectivity index (χ2v) is 11.4. The van der Waals surface area contributed by atoms with Gasteiger partial charge in [0.15, 0.2) is 5.13 Å². The van der Waals surface area contributed by atoms with Crippen molar-refractivity contribution in [1.29, 1.82) is 0 Å². The second-order valence-electron chi connectivity index (χ2n) is 10.6. The minimum Gasteiger partial charge on any atom is -0.481 e. The Morgan fingerprint density at radius 3 is 2.07 bits per heavy atom. The van der Waals surface area contributed by atoms with E-state index < -0.39 is 12.3 Å². The van der Waals surface area contributed by atoms with Crippen molar-refractivity contribution in [3.05, 3.63) is 100 Å². The van der Waals surface area contributed by atoms with Crippen molar-refractivity contribution in [2.24, 2.45) is 0 Å². The number of carbonyl (C=O) groups excluding carboxylic acids is 1. The third kappa shape index (κ3) is 8.32. The van der Waals surface area contributed by atoms with Gasteiger partial charge in [0.25, 0.3) is 5.91 Å². The Balaban J connectivity index is 1.57. The Morgan fingerprint density at radius 1 is 0.929 bits per heavy atom. The molecule has 42 heavy (non-hydrogen) atoms. The average Bonchev–Trinajstić information content (AvgIpc) is 3.39. The van der Waals surface area contributed by atoms with Crippen molar-refractivity contribution in [2.75, 3.05) is 11.9 Å². The zero-order valence-electron chi connectivity index (χ0n) is 23.2. The molecule has 0 aliphatic heterocycles. The van der Waals surface area contributed by atoms with Gasteiger partial charge in [0.1, 0.15) is 5.75 Å². The van der Waals surface area contributed by atoms with Crippen LogP contribution in [0.25, 0.3) is 11.3 Å². The van der Waals surface area contributed by atoms with Crippen LogP contribution in [0.4, 0.5) is 18.3 Å². The molecule has 0 bridgehead atoms. The highest BCUT2D eigenvalue weighted by molar-refractivity contribution is 7.14. The first-order valence-electron chi connectivity index (χ1n) is 13.1. The van der Waals surface area contributed by atoms with Crippen molar-refractivity contribution in [2.45, 2.75) is 45.0 Å². The lowest BCUT2D eigenvalue weighted by Crippen LogP contribution is -2.26. The fourth-order valence-corrected chi connectivity index (χ4v) is 4.92. The number of ether oxygens (including phenoxy) is 1. The first kappa shape index (κ1) is 30.6. The fraction of sp³-hybridized carbons (Fsp3) is 0.258. The second kappa shape index (κ2) is 12.6. The van der Waals surface area contributed by atoms with Crippen LogP contribution >= 0.6 is 11.3 Å². The van der Waals surface area contributed by atoms with Crippen molar-refractivity contribution in [3.63, 3.8) is 0 Å². The molecule has 4 rings (SSSR count). The molecular formula is C31H30F3N3O4S. The lowest BCUT2D eigenvalue weighted by molar-refractivity contribution is -0.274. The van der Waals surface area contributed by atoms with Crippen LogP contribution in [0.3, 0.4) is 0 Å². The molecule has 0 aliphatic rings. The zero-order chi connectivity index (χ0) is 30.5. The smallest absolute Gasteiger partial charge is 0.481 e. The van der Waals surface area contributed by atoms with Gasteiger partial charge in [-0.3, -0.25) is 9.59 Å². The Bertz CT molecular complexity index is 1510. The lowest BCUT2D eigenvalue weighted by atomic mass is 9.85. The summed E-state index contributed by atoms with van der Waals surface area (Å²) in [5.74, 6) is -1.66. The van der Waals surface area contributed by atoms with E-state index in [9.17, 15) is 22.8 Å². The first-order valence-corrected chi connectivity index (χ1v) is 13.9. The molecule has 0 aliphatic carbocycles. The number of nitrogens with zero attached hydrogens (tertiary/aromatic N) is 1. The van der Waals surface area contributed by atoms with Crippen molar-refractivity contribution >= 4 is 28.3 Å². The quantitative estimate of drug-likeness (QED) is 0.176. The molecular weight excluding hydrogens is 567 g/mol. The number of alkyl halides is 3. The van der Waals surface area contributed by atoms with E-state index in [1.807, 2.05) is 29.6 Å². The summed E-state index contributed by atoms with van der Waals surface area (Å²) in [4.78, 5) is 27.8. The molecule has 1 amide bonds. The third-order valence-electron chi connectivity index (χ3n) is 6.40. The summed E-state index contributed by atoms with van der Waals surface area (Å²) in [5.41, 5.74) is 4.61. The van der Waals surface area contributed by atoms with Crippen LogP contribution in [0, 0.1) is 0 Å². The minimum atomic E-state index is -4.76. The molecule has 0 saturated heterocycles. The van der Waals surface area contributed by atoms with Gasteiger partial charge in [-0.1, -0.05) is 57.2 Å². The van der Waals surface area contributed by atoms with Crippen LogP contribution in [0.1, 0.15) is 60.3 Å². The number of carboxylic acid groups (broad SMARTS) is 1. The number of hydrogen-bond donors (Lipinski definition) is 3. The molecule has 1 heterocycles. The van der Waals surface area contributed by atoms with Gasteiger partial charge in [-0.15, -0.1) is 24.5 Å². The summed E-state index contributed by atoms with van der Waals surface area (Å²) < 4.78 is 41.5. The molecule has 7 nitrogen and oxygen atoms in total. The van der Waals surface area contributed by atoms with Gasteiger partial charge in [0, 0.05) is 23.1 Å². The molecule has 0 saturated carbocycles. The Kier molecular flexibility index (Phi) is 9.20. The average molecular weight is 598 g/mol.